The average Bonchev–Trinajstić information content (AvgIpc) is 2.93. The Hall–Kier alpha value is -2.15. The zero-order valence-corrected chi connectivity index (χ0v) is 13.6. The molecule has 2 rings (SSSR count). The van der Waals surface area contributed by atoms with E-state index < -0.39 is 28.8 Å². The molecule has 126 valence electrons. The van der Waals surface area contributed by atoms with Gasteiger partial charge in [-0.3, -0.25) is 4.79 Å². The molecule has 24 heavy (non-hydrogen) atoms. The quantitative estimate of drug-likeness (QED) is 0.859. The predicted octanol–water partition coefficient (Wildman–Crippen LogP) is 3.53. The number of hydrogen-bond donors (Lipinski definition) is 2. The zero-order valence-electron chi connectivity index (χ0n) is 12.0. The minimum Gasteiger partial charge on any atom is -0.375 e. The van der Waals surface area contributed by atoms with Gasteiger partial charge in [-0.2, -0.15) is 18.4 Å². The van der Waals surface area contributed by atoms with Gasteiger partial charge in [0.2, 0.25) is 0 Å². The van der Waals surface area contributed by atoms with Crippen LogP contribution >= 0.6 is 22.9 Å². The van der Waals surface area contributed by atoms with Crippen molar-refractivity contribution >= 4 is 34.5 Å². The van der Waals surface area contributed by atoms with Crippen molar-refractivity contribution in [2.45, 2.75) is 18.7 Å². The van der Waals surface area contributed by atoms with Gasteiger partial charge in [-0.1, -0.05) is 11.6 Å². The number of amides is 1. The Labute approximate surface area is 143 Å². The molecule has 0 radical (unpaired) electrons. The van der Waals surface area contributed by atoms with Crippen molar-refractivity contribution < 1.29 is 23.1 Å². The Bertz CT molecular complexity index is 827. The van der Waals surface area contributed by atoms with Crippen LogP contribution in [0.5, 0.6) is 0 Å². The van der Waals surface area contributed by atoms with Crippen molar-refractivity contribution in [1.82, 2.24) is 4.98 Å². The summed E-state index contributed by atoms with van der Waals surface area (Å²) in [7, 11) is 0. The maximum absolute atomic E-state index is 12.9. The summed E-state index contributed by atoms with van der Waals surface area (Å²) in [6.07, 6.45) is -3.55. The van der Waals surface area contributed by atoms with E-state index >= 15 is 0 Å². The molecule has 1 atom stereocenters. The summed E-state index contributed by atoms with van der Waals surface area (Å²) < 4.78 is 38.9. The van der Waals surface area contributed by atoms with E-state index in [-0.39, 0.29) is 15.0 Å². The summed E-state index contributed by atoms with van der Waals surface area (Å²) in [5.74, 6) is -0.958. The van der Waals surface area contributed by atoms with Crippen molar-refractivity contribution in [2.24, 2.45) is 0 Å². The van der Waals surface area contributed by atoms with Gasteiger partial charge in [0, 0.05) is 11.9 Å². The zero-order chi connectivity index (χ0) is 18.1. The lowest BCUT2D eigenvalue weighted by Crippen LogP contribution is -2.36. The number of carbonyl (C=O) groups is 1. The molecule has 10 heteroatoms. The van der Waals surface area contributed by atoms with E-state index in [9.17, 15) is 23.1 Å². The summed E-state index contributed by atoms with van der Waals surface area (Å²) in [5.41, 5.74) is -3.98. The van der Waals surface area contributed by atoms with E-state index in [0.29, 0.717) is 6.07 Å². The lowest BCUT2D eigenvalue weighted by Gasteiger charge is -2.21. The van der Waals surface area contributed by atoms with Crippen molar-refractivity contribution in [3.05, 3.63) is 44.9 Å². The monoisotopic (exact) mass is 375 g/mol. The maximum atomic E-state index is 12.9. The number of rotatable bonds is 3. The Morgan fingerprint density at radius 2 is 2.12 bits per heavy atom. The lowest BCUT2D eigenvalue weighted by molar-refractivity contribution is -0.138. The first-order chi connectivity index (χ1) is 11.1. The van der Waals surface area contributed by atoms with Crippen molar-refractivity contribution in [1.29, 1.82) is 5.26 Å². The summed E-state index contributed by atoms with van der Waals surface area (Å²) in [5, 5.41) is 21.2. The Morgan fingerprint density at radius 1 is 1.46 bits per heavy atom. The van der Waals surface area contributed by atoms with Gasteiger partial charge in [-0.05, 0) is 25.1 Å². The van der Waals surface area contributed by atoms with Crippen LogP contribution in [0.25, 0.3) is 0 Å². The standard InChI is InChI=1S/C14H9ClF3N3O2S/c1-13(23,10-6-20-12(15)24-10)11(22)21-8-3-2-7(5-19)9(4-8)14(16,17)18/h2-4,6,23H,1H3,(H,21,22). The molecule has 0 aliphatic rings. The lowest BCUT2D eigenvalue weighted by atomic mass is 10.0. The molecule has 2 aromatic rings. The fourth-order valence-corrected chi connectivity index (χ4v) is 2.78. The van der Waals surface area contributed by atoms with E-state index in [4.69, 9.17) is 16.9 Å². The van der Waals surface area contributed by atoms with E-state index in [1.807, 2.05) is 0 Å². The molecule has 1 heterocycles. The average molecular weight is 376 g/mol. The highest BCUT2D eigenvalue weighted by Crippen LogP contribution is 2.34. The molecular weight excluding hydrogens is 367 g/mol. The third-order valence-corrected chi connectivity index (χ3v) is 4.43. The van der Waals surface area contributed by atoms with Gasteiger partial charge in [0.15, 0.2) is 10.1 Å². The Kier molecular flexibility index (Phi) is 4.85. The van der Waals surface area contributed by atoms with Crippen LogP contribution in [0.15, 0.2) is 24.4 Å². The van der Waals surface area contributed by atoms with Gasteiger partial charge in [-0.25, -0.2) is 4.98 Å². The summed E-state index contributed by atoms with van der Waals surface area (Å²) in [6.45, 7) is 1.17. The van der Waals surface area contributed by atoms with Crippen LogP contribution in [0.4, 0.5) is 18.9 Å². The fourth-order valence-electron chi connectivity index (χ4n) is 1.80. The molecule has 0 bridgehead atoms. The van der Waals surface area contributed by atoms with Crippen molar-refractivity contribution in [2.75, 3.05) is 5.32 Å². The number of hydrogen-bond acceptors (Lipinski definition) is 5. The van der Waals surface area contributed by atoms with Crippen LogP contribution in [0, 0.1) is 11.3 Å². The SMILES string of the molecule is CC(O)(C(=O)Nc1ccc(C#N)c(C(F)(F)F)c1)c1cnc(Cl)s1. The molecule has 1 unspecified atom stereocenters. The van der Waals surface area contributed by atoms with Crippen molar-refractivity contribution in [3.8, 4) is 6.07 Å². The number of alkyl halides is 3. The molecule has 0 spiro atoms. The first kappa shape index (κ1) is 18.2. The third-order valence-electron chi connectivity index (χ3n) is 3.10. The minimum absolute atomic E-state index is 0.107. The molecule has 1 amide bonds. The van der Waals surface area contributed by atoms with Gasteiger partial charge >= 0.3 is 6.18 Å². The predicted molar refractivity (Wildman–Crippen MR) is 81.5 cm³/mol. The number of nitrogens with zero attached hydrogens (tertiary/aromatic N) is 2. The van der Waals surface area contributed by atoms with E-state index in [1.165, 1.54) is 19.2 Å². The molecule has 0 aliphatic carbocycles. The highest BCUT2D eigenvalue weighted by atomic mass is 35.5. The number of aliphatic hydroxyl groups is 1. The molecular formula is C14H9ClF3N3O2S. The van der Waals surface area contributed by atoms with Gasteiger partial charge in [0.1, 0.15) is 0 Å². The Balaban J connectivity index is 2.31. The van der Waals surface area contributed by atoms with Crippen LogP contribution in [0.2, 0.25) is 4.47 Å². The molecule has 0 saturated heterocycles. The van der Waals surface area contributed by atoms with E-state index in [2.05, 4.69) is 10.3 Å². The number of nitrogens with one attached hydrogen (secondary N) is 1. The molecule has 0 saturated carbocycles. The second kappa shape index (κ2) is 6.39. The fraction of sp³-hybridized carbons (Fsp3) is 0.214. The van der Waals surface area contributed by atoms with Crippen LogP contribution < -0.4 is 5.32 Å². The first-order valence-corrected chi connectivity index (χ1v) is 7.52. The molecule has 0 aliphatic heterocycles. The maximum Gasteiger partial charge on any atom is 0.417 e. The van der Waals surface area contributed by atoms with Crippen LogP contribution in [0.1, 0.15) is 22.9 Å². The van der Waals surface area contributed by atoms with Crippen LogP contribution in [0.3, 0.4) is 0 Å². The largest absolute Gasteiger partial charge is 0.417 e. The molecule has 5 nitrogen and oxygen atoms in total. The summed E-state index contributed by atoms with van der Waals surface area (Å²) in [6, 6.07) is 4.15. The highest BCUT2D eigenvalue weighted by Gasteiger charge is 2.36. The summed E-state index contributed by atoms with van der Waals surface area (Å²) >= 11 is 6.51. The number of aromatic nitrogens is 1. The second-order valence-corrected chi connectivity index (χ2v) is 6.49. The van der Waals surface area contributed by atoms with Gasteiger partial charge in [0.25, 0.3) is 5.91 Å². The molecule has 1 aromatic heterocycles. The summed E-state index contributed by atoms with van der Waals surface area (Å²) in [4.78, 5) is 16.0. The van der Waals surface area contributed by atoms with Gasteiger partial charge < -0.3 is 10.4 Å². The smallest absolute Gasteiger partial charge is 0.375 e. The van der Waals surface area contributed by atoms with Gasteiger partial charge in [0.05, 0.1) is 22.1 Å². The third kappa shape index (κ3) is 3.67. The number of benzene rings is 1. The van der Waals surface area contributed by atoms with E-state index in [1.54, 1.807) is 0 Å². The number of nitriles is 1. The van der Waals surface area contributed by atoms with E-state index in [0.717, 1.165) is 23.5 Å². The second-order valence-electron chi connectivity index (χ2n) is 4.87. The topological polar surface area (TPSA) is 86.0 Å². The number of carbonyl (C=O) groups excluding carboxylic acids is 1. The number of anilines is 1. The van der Waals surface area contributed by atoms with Crippen molar-refractivity contribution in [3.63, 3.8) is 0 Å². The minimum atomic E-state index is -4.75. The van der Waals surface area contributed by atoms with Gasteiger partial charge in [-0.15, -0.1) is 11.3 Å². The first-order valence-electron chi connectivity index (χ1n) is 6.32. The van der Waals surface area contributed by atoms with Crippen LogP contribution in [-0.4, -0.2) is 16.0 Å². The number of halogens is 4. The molecule has 1 aromatic carbocycles. The van der Waals surface area contributed by atoms with Crippen LogP contribution in [-0.2, 0) is 16.6 Å². The Morgan fingerprint density at radius 3 is 2.62 bits per heavy atom. The molecule has 2 N–H and O–H groups in total. The normalized spacial score (nSPS) is 13.9. The number of thiazole rings is 1. The molecule has 0 fully saturated rings. The highest BCUT2D eigenvalue weighted by molar-refractivity contribution is 7.15.